The van der Waals surface area contributed by atoms with Crippen LogP contribution in [0, 0.1) is 0 Å². The van der Waals surface area contributed by atoms with Crippen LogP contribution in [-0.4, -0.2) is 15.1 Å². The highest BCUT2D eigenvalue weighted by Gasteiger charge is 2.34. The molecule has 0 fully saturated rings. The summed E-state index contributed by atoms with van der Waals surface area (Å²) in [6, 6.07) is 14.7. The quantitative estimate of drug-likeness (QED) is 0.748. The number of rotatable bonds is 2. The Kier molecular flexibility index (Phi) is 3.48. The number of nitrogens with zero attached hydrogens (tertiary/aromatic N) is 2. The molecule has 0 amide bonds. The zero-order chi connectivity index (χ0) is 15.8. The Bertz CT molecular complexity index is 868. The third-order valence-corrected chi connectivity index (χ3v) is 4.39. The third-order valence-electron chi connectivity index (χ3n) is 4.06. The average Bonchev–Trinajstić information content (AvgIpc) is 2.60. The molecule has 0 spiro atoms. The van der Waals surface area contributed by atoms with Crippen LogP contribution in [0.3, 0.4) is 0 Å². The molecule has 2 aromatic heterocycles. The van der Waals surface area contributed by atoms with Gasteiger partial charge in [-0.25, -0.2) is 0 Å². The summed E-state index contributed by atoms with van der Waals surface area (Å²) < 4.78 is 0. The zero-order valence-electron chi connectivity index (χ0n) is 12.1. The van der Waals surface area contributed by atoms with Crippen LogP contribution in [0.2, 0.25) is 5.02 Å². The first-order chi connectivity index (χ1) is 11.3. The highest BCUT2D eigenvalue weighted by Crippen LogP contribution is 2.44. The van der Waals surface area contributed by atoms with Gasteiger partial charge in [-0.3, -0.25) is 9.97 Å². The minimum atomic E-state index is -0.730. The number of aliphatic hydroxyl groups excluding tert-OH is 1. The maximum Gasteiger partial charge on any atom is 0.105 e. The summed E-state index contributed by atoms with van der Waals surface area (Å²) in [6.07, 6.45) is 2.72. The second kappa shape index (κ2) is 5.65. The van der Waals surface area contributed by atoms with Crippen molar-refractivity contribution in [1.29, 1.82) is 0 Å². The molecule has 0 saturated heterocycles. The van der Waals surface area contributed by atoms with E-state index in [1.54, 1.807) is 12.4 Å². The second-order valence-corrected chi connectivity index (χ2v) is 5.84. The highest BCUT2D eigenvalue weighted by molar-refractivity contribution is 6.33. The zero-order valence-corrected chi connectivity index (χ0v) is 12.9. The molecule has 1 aliphatic rings. The molecule has 0 bridgehead atoms. The molecular weight excluding hydrogens is 310 g/mol. The standard InChI is InChI=1S/C18H14ClN3O/c19-13-7-1-2-8-14(13)22-17-11-5-3-9-20-15(11)16-12(18(17)23)6-4-10-21-16/h1-10,17-18,22-23H/t17-,18-/m1/s1. The number of pyridine rings is 2. The monoisotopic (exact) mass is 323 g/mol. The van der Waals surface area contributed by atoms with Crippen LogP contribution >= 0.6 is 11.6 Å². The Morgan fingerprint density at radius 3 is 2.26 bits per heavy atom. The van der Waals surface area contributed by atoms with E-state index in [0.717, 1.165) is 28.2 Å². The van der Waals surface area contributed by atoms with Crippen molar-refractivity contribution >= 4 is 17.3 Å². The van der Waals surface area contributed by atoms with Gasteiger partial charge in [0.05, 0.1) is 28.1 Å². The largest absolute Gasteiger partial charge is 0.386 e. The molecule has 4 rings (SSSR count). The second-order valence-electron chi connectivity index (χ2n) is 5.43. The van der Waals surface area contributed by atoms with Crippen molar-refractivity contribution in [3.05, 3.63) is 77.1 Å². The van der Waals surface area contributed by atoms with E-state index in [2.05, 4.69) is 15.3 Å². The van der Waals surface area contributed by atoms with E-state index < -0.39 is 6.10 Å². The summed E-state index contributed by atoms with van der Waals surface area (Å²) in [5.74, 6) is 0. The topological polar surface area (TPSA) is 58.0 Å². The number of para-hydroxylation sites is 1. The maximum absolute atomic E-state index is 10.8. The molecule has 2 heterocycles. The summed E-state index contributed by atoms with van der Waals surface area (Å²) >= 11 is 6.25. The summed E-state index contributed by atoms with van der Waals surface area (Å²) in [7, 11) is 0. The Morgan fingerprint density at radius 1 is 0.870 bits per heavy atom. The average molecular weight is 324 g/mol. The van der Waals surface area contributed by atoms with Gasteiger partial charge in [-0.2, -0.15) is 0 Å². The summed E-state index contributed by atoms with van der Waals surface area (Å²) in [6.45, 7) is 0. The van der Waals surface area contributed by atoms with Gasteiger partial charge in [-0.05, 0) is 24.3 Å². The van der Waals surface area contributed by atoms with Crippen molar-refractivity contribution in [2.24, 2.45) is 0 Å². The van der Waals surface area contributed by atoms with Gasteiger partial charge >= 0.3 is 0 Å². The molecular formula is C18H14ClN3O. The van der Waals surface area contributed by atoms with Crippen molar-refractivity contribution in [2.45, 2.75) is 12.1 Å². The number of aromatic nitrogens is 2. The summed E-state index contributed by atoms with van der Waals surface area (Å²) in [4.78, 5) is 8.86. The van der Waals surface area contributed by atoms with Gasteiger partial charge in [0.2, 0.25) is 0 Å². The number of benzene rings is 1. The first-order valence-corrected chi connectivity index (χ1v) is 7.73. The number of aliphatic hydroxyl groups is 1. The van der Waals surface area contributed by atoms with Gasteiger partial charge in [0.15, 0.2) is 0 Å². The van der Waals surface area contributed by atoms with E-state index in [1.807, 2.05) is 48.5 Å². The number of hydrogen-bond acceptors (Lipinski definition) is 4. The van der Waals surface area contributed by atoms with Crippen molar-refractivity contribution in [2.75, 3.05) is 5.32 Å². The molecule has 2 N–H and O–H groups in total. The summed E-state index contributed by atoms with van der Waals surface area (Å²) in [5.41, 5.74) is 3.97. The highest BCUT2D eigenvalue weighted by atomic mass is 35.5. The lowest BCUT2D eigenvalue weighted by atomic mass is 9.86. The van der Waals surface area contributed by atoms with Crippen molar-refractivity contribution in [3.8, 4) is 11.4 Å². The molecule has 0 aliphatic heterocycles. The Labute approximate surface area is 138 Å². The van der Waals surface area contributed by atoms with Crippen LogP contribution in [0.25, 0.3) is 11.4 Å². The number of nitrogens with one attached hydrogen (secondary N) is 1. The third kappa shape index (κ3) is 2.36. The number of anilines is 1. The van der Waals surface area contributed by atoms with E-state index >= 15 is 0 Å². The van der Waals surface area contributed by atoms with Crippen LogP contribution in [0.1, 0.15) is 23.3 Å². The van der Waals surface area contributed by atoms with Crippen LogP contribution in [0.4, 0.5) is 5.69 Å². The molecule has 114 valence electrons. The lowest BCUT2D eigenvalue weighted by molar-refractivity contribution is 0.153. The van der Waals surface area contributed by atoms with E-state index in [1.165, 1.54) is 0 Å². The lowest BCUT2D eigenvalue weighted by Crippen LogP contribution is -2.25. The molecule has 5 heteroatoms. The van der Waals surface area contributed by atoms with Gasteiger partial charge in [-0.15, -0.1) is 0 Å². The molecule has 1 aliphatic carbocycles. The molecule has 0 radical (unpaired) electrons. The van der Waals surface area contributed by atoms with E-state index in [0.29, 0.717) is 5.02 Å². The van der Waals surface area contributed by atoms with Crippen LogP contribution < -0.4 is 5.32 Å². The minimum absolute atomic E-state index is 0.338. The number of halogens is 1. The van der Waals surface area contributed by atoms with Crippen LogP contribution in [-0.2, 0) is 0 Å². The fraction of sp³-hybridized carbons (Fsp3) is 0.111. The maximum atomic E-state index is 10.8. The normalized spacial score (nSPS) is 18.9. The Morgan fingerprint density at radius 2 is 1.52 bits per heavy atom. The first-order valence-electron chi connectivity index (χ1n) is 7.35. The van der Waals surface area contributed by atoms with E-state index in [-0.39, 0.29) is 6.04 Å². The van der Waals surface area contributed by atoms with Gasteiger partial charge < -0.3 is 10.4 Å². The van der Waals surface area contributed by atoms with E-state index in [4.69, 9.17) is 11.6 Å². The predicted octanol–water partition coefficient (Wildman–Crippen LogP) is 4.00. The molecule has 23 heavy (non-hydrogen) atoms. The minimum Gasteiger partial charge on any atom is -0.386 e. The summed E-state index contributed by atoms with van der Waals surface area (Å²) in [5, 5.41) is 14.8. The van der Waals surface area contributed by atoms with Crippen LogP contribution in [0.5, 0.6) is 0 Å². The lowest BCUT2D eigenvalue weighted by Gasteiger charge is -2.32. The number of fused-ring (bicyclic) bond motifs is 3. The fourth-order valence-corrected chi connectivity index (χ4v) is 3.16. The molecule has 3 aromatic rings. The van der Waals surface area contributed by atoms with Gasteiger partial charge in [0, 0.05) is 23.5 Å². The predicted molar refractivity (Wildman–Crippen MR) is 90.2 cm³/mol. The Hall–Kier alpha value is -2.43. The van der Waals surface area contributed by atoms with Crippen molar-refractivity contribution < 1.29 is 5.11 Å². The van der Waals surface area contributed by atoms with Gasteiger partial charge in [-0.1, -0.05) is 35.9 Å². The molecule has 1 aromatic carbocycles. The van der Waals surface area contributed by atoms with Gasteiger partial charge in [0.1, 0.15) is 6.10 Å². The van der Waals surface area contributed by atoms with Crippen LogP contribution in [0.15, 0.2) is 60.9 Å². The van der Waals surface area contributed by atoms with Crippen molar-refractivity contribution in [3.63, 3.8) is 0 Å². The van der Waals surface area contributed by atoms with Crippen molar-refractivity contribution in [1.82, 2.24) is 9.97 Å². The van der Waals surface area contributed by atoms with E-state index in [9.17, 15) is 5.11 Å². The Balaban J connectivity index is 1.84. The SMILES string of the molecule is O[C@@H]1c2cccnc2-c2ncccc2[C@H]1Nc1ccccc1Cl. The molecule has 4 nitrogen and oxygen atoms in total. The fourth-order valence-electron chi connectivity index (χ4n) is 2.97. The molecule has 0 unspecified atom stereocenters. The smallest absolute Gasteiger partial charge is 0.105 e. The molecule has 2 atom stereocenters. The van der Waals surface area contributed by atoms with Gasteiger partial charge in [0.25, 0.3) is 0 Å². The molecule has 0 saturated carbocycles. The first kappa shape index (κ1) is 14.2. The number of hydrogen-bond donors (Lipinski definition) is 2.